The average Bonchev–Trinajstić information content (AvgIpc) is 3.09. The van der Waals surface area contributed by atoms with Crippen LogP contribution >= 0.6 is 0 Å². The topological polar surface area (TPSA) is 57.1 Å². The number of carbonyl (C=O) groups is 1. The second kappa shape index (κ2) is 7.80. The summed E-state index contributed by atoms with van der Waals surface area (Å²) in [6, 6.07) is 24.1. The highest BCUT2D eigenvalue weighted by Crippen LogP contribution is 2.25. The predicted molar refractivity (Wildman–Crippen MR) is 107 cm³/mol. The van der Waals surface area contributed by atoms with Gasteiger partial charge in [0.25, 0.3) is 0 Å². The van der Waals surface area contributed by atoms with Gasteiger partial charge in [0, 0.05) is 5.56 Å². The minimum atomic E-state index is -0.493. The first-order valence-electron chi connectivity index (χ1n) is 8.71. The fraction of sp³-hybridized carbons (Fsp3) is 0.0435. The second-order valence-electron chi connectivity index (χ2n) is 6.06. The smallest absolute Gasteiger partial charge is 0.363 e. The molecule has 0 bridgehead atoms. The number of carbonyl (C=O) groups excluding carboxylic acids is 1. The van der Waals surface area contributed by atoms with Crippen molar-refractivity contribution in [1.82, 2.24) is 0 Å². The highest BCUT2D eigenvalue weighted by atomic mass is 16.6. The average molecular weight is 371 g/mol. The van der Waals surface area contributed by atoms with Crippen molar-refractivity contribution in [2.24, 2.45) is 4.99 Å². The normalized spacial score (nSPS) is 14.5. The summed E-state index contributed by atoms with van der Waals surface area (Å²) >= 11 is 0. The molecule has 5 nitrogen and oxygen atoms in total. The summed E-state index contributed by atoms with van der Waals surface area (Å²) in [7, 11) is 1.58. The molecule has 3 aromatic carbocycles. The fourth-order valence-corrected chi connectivity index (χ4v) is 2.74. The standard InChI is InChI=1S/C23H17NO4/c1-26-19-11-6-8-17(15-19)22-24-21(23(25)28-22)14-16-7-5-12-20(13-16)27-18-9-3-2-4-10-18/h2-15H,1H3/b21-14-. The number of para-hydroxylation sites is 1. The van der Waals surface area contributed by atoms with Gasteiger partial charge in [-0.25, -0.2) is 9.79 Å². The third-order valence-corrected chi connectivity index (χ3v) is 4.08. The van der Waals surface area contributed by atoms with Gasteiger partial charge in [-0.3, -0.25) is 0 Å². The lowest BCUT2D eigenvalue weighted by atomic mass is 10.2. The molecule has 1 heterocycles. The van der Waals surface area contributed by atoms with Gasteiger partial charge in [-0.05, 0) is 54.1 Å². The minimum absolute atomic E-state index is 0.231. The molecule has 1 aliphatic rings. The van der Waals surface area contributed by atoms with E-state index in [0.717, 1.165) is 11.3 Å². The molecule has 0 aliphatic carbocycles. The number of methoxy groups -OCH3 is 1. The maximum atomic E-state index is 12.2. The van der Waals surface area contributed by atoms with Crippen molar-refractivity contribution in [2.75, 3.05) is 7.11 Å². The number of rotatable bonds is 5. The molecule has 1 aliphatic heterocycles. The van der Waals surface area contributed by atoms with E-state index in [9.17, 15) is 4.79 Å². The largest absolute Gasteiger partial charge is 0.497 e. The molecule has 0 N–H and O–H groups in total. The number of benzene rings is 3. The fourth-order valence-electron chi connectivity index (χ4n) is 2.74. The number of cyclic esters (lactones) is 1. The van der Waals surface area contributed by atoms with Gasteiger partial charge in [-0.15, -0.1) is 0 Å². The molecule has 138 valence electrons. The maximum absolute atomic E-state index is 12.2. The summed E-state index contributed by atoms with van der Waals surface area (Å²) in [6.07, 6.45) is 1.67. The van der Waals surface area contributed by atoms with E-state index in [2.05, 4.69) is 4.99 Å². The van der Waals surface area contributed by atoms with E-state index >= 15 is 0 Å². The Kier molecular flexibility index (Phi) is 4.89. The third kappa shape index (κ3) is 3.94. The molecule has 0 saturated carbocycles. The van der Waals surface area contributed by atoms with Crippen molar-refractivity contribution in [1.29, 1.82) is 0 Å². The number of esters is 1. The molecule has 0 saturated heterocycles. The molecule has 0 fully saturated rings. The summed E-state index contributed by atoms with van der Waals surface area (Å²) in [5.41, 5.74) is 1.70. The molecule has 0 atom stereocenters. The van der Waals surface area contributed by atoms with Gasteiger partial charge in [0.05, 0.1) is 7.11 Å². The van der Waals surface area contributed by atoms with Crippen LogP contribution in [0.1, 0.15) is 11.1 Å². The number of nitrogens with zero attached hydrogens (tertiary/aromatic N) is 1. The van der Waals surface area contributed by atoms with E-state index < -0.39 is 5.97 Å². The summed E-state index contributed by atoms with van der Waals surface area (Å²) in [4.78, 5) is 16.6. The van der Waals surface area contributed by atoms with Gasteiger partial charge in [-0.1, -0.05) is 36.4 Å². The van der Waals surface area contributed by atoms with Crippen LogP contribution in [0.4, 0.5) is 0 Å². The lowest BCUT2D eigenvalue weighted by Crippen LogP contribution is -2.05. The van der Waals surface area contributed by atoms with E-state index in [4.69, 9.17) is 14.2 Å². The van der Waals surface area contributed by atoms with Gasteiger partial charge in [-0.2, -0.15) is 0 Å². The lowest BCUT2D eigenvalue weighted by Gasteiger charge is -2.05. The van der Waals surface area contributed by atoms with Crippen molar-refractivity contribution >= 4 is 17.9 Å². The van der Waals surface area contributed by atoms with Crippen LogP contribution in [0, 0.1) is 0 Å². The third-order valence-electron chi connectivity index (χ3n) is 4.08. The monoisotopic (exact) mass is 371 g/mol. The Hall–Kier alpha value is -3.86. The van der Waals surface area contributed by atoms with Gasteiger partial charge in [0.1, 0.15) is 17.2 Å². The summed E-state index contributed by atoms with van der Waals surface area (Å²) in [6.45, 7) is 0. The van der Waals surface area contributed by atoms with Crippen molar-refractivity contribution in [3.05, 3.63) is 95.7 Å². The van der Waals surface area contributed by atoms with E-state index in [1.165, 1.54) is 0 Å². The SMILES string of the molecule is COc1cccc(C2=N/C(=C\c3cccc(Oc4ccccc4)c3)C(=O)O2)c1. The van der Waals surface area contributed by atoms with Crippen LogP contribution < -0.4 is 9.47 Å². The Morgan fingerprint density at radius 2 is 1.61 bits per heavy atom. The predicted octanol–water partition coefficient (Wildman–Crippen LogP) is 4.83. The molecule has 3 aromatic rings. The molecule has 0 aromatic heterocycles. The summed E-state index contributed by atoms with van der Waals surface area (Å²) in [5, 5.41) is 0. The van der Waals surface area contributed by atoms with Crippen molar-refractivity contribution in [2.45, 2.75) is 0 Å². The van der Waals surface area contributed by atoms with Crippen LogP contribution in [-0.4, -0.2) is 19.0 Å². The molecule has 0 unspecified atom stereocenters. The molecule has 4 rings (SSSR count). The molecule has 0 amide bonds. The first-order chi connectivity index (χ1) is 13.7. The number of hydrogen-bond acceptors (Lipinski definition) is 5. The molecular formula is C23H17NO4. The van der Waals surface area contributed by atoms with Crippen LogP contribution in [0.3, 0.4) is 0 Å². The number of ether oxygens (including phenoxy) is 3. The summed E-state index contributed by atoms with van der Waals surface area (Å²) in [5.74, 6) is 1.84. The zero-order valence-corrected chi connectivity index (χ0v) is 15.2. The van der Waals surface area contributed by atoms with Crippen molar-refractivity contribution in [3.63, 3.8) is 0 Å². The molecule has 0 radical (unpaired) electrons. The van der Waals surface area contributed by atoms with Crippen molar-refractivity contribution in [3.8, 4) is 17.2 Å². The molecule has 0 spiro atoms. The van der Waals surface area contributed by atoms with Crippen LogP contribution in [0.5, 0.6) is 17.2 Å². The highest BCUT2D eigenvalue weighted by molar-refractivity contribution is 6.13. The van der Waals surface area contributed by atoms with Gasteiger partial charge < -0.3 is 14.2 Å². The molecule has 5 heteroatoms. The Labute approximate surface area is 162 Å². The first kappa shape index (κ1) is 17.5. The summed E-state index contributed by atoms with van der Waals surface area (Å²) < 4.78 is 16.3. The highest BCUT2D eigenvalue weighted by Gasteiger charge is 2.24. The Morgan fingerprint density at radius 3 is 2.43 bits per heavy atom. The first-order valence-corrected chi connectivity index (χ1v) is 8.71. The van der Waals surface area contributed by atoms with Crippen LogP contribution in [-0.2, 0) is 9.53 Å². The van der Waals surface area contributed by atoms with Crippen LogP contribution in [0.15, 0.2) is 89.6 Å². The Bertz CT molecular complexity index is 1070. The minimum Gasteiger partial charge on any atom is -0.497 e. The van der Waals surface area contributed by atoms with Crippen LogP contribution in [0.25, 0.3) is 6.08 Å². The van der Waals surface area contributed by atoms with E-state index in [1.54, 1.807) is 19.3 Å². The van der Waals surface area contributed by atoms with E-state index in [-0.39, 0.29) is 11.6 Å². The Morgan fingerprint density at radius 1 is 0.857 bits per heavy atom. The van der Waals surface area contributed by atoms with Crippen molar-refractivity contribution < 1.29 is 19.0 Å². The number of hydrogen-bond donors (Lipinski definition) is 0. The molecule has 28 heavy (non-hydrogen) atoms. The number of aliphatic imine (C=N–C) groups is 1. The Balaban J connectivity index is 1.59. The van der Waals surface area contributed by atoms with E-state index in [0.29, 0.717) is 17.1 Å². The van der Waals surface area contributed by atoms with Gasteiger partial charge >= 0.3 is 5.97 Å². The van der Waals surface area contributed by atoms with Gasteiger partial charge in [0.15, 0.2) is 5.70 Å². The van der Waals surface area contributed by atoms with E-state index in [1.807, 2.05) is 72.8 Å². The van der Waals surface area contributed by atoms with Gasteiger partial charge in [0.2, 0.25) is 5.90 Å². The second-order valence-corrected chi connectivity index (χ2v) is 6.06. The molecular weight excluding hydrogens is 354 g/mol. The zero-order valence-electron chi connectivity index (χ0n) is 15.2. The maximum Gasteiger partial charge on any atom is 0.363 e. The quantitative estimate of drug-likeness (QED) is 0.476. The zero-order chi connectivity index (χ0) is 19.3. The van der Waals surface area contributed by atoms with Crippen LogP contribution in [0.2, 0.25) is 0 Å². The lowest BCUT2D eigenvalue weighted by molar-refractivity contribution is -0.129.